The summed E-state index contributed by atoms with van der Waals surface area (Å²) in [4.78, 5) is 0. The molecule has 1 fully saturated rings. The van der Waals surface area contributed by atoms with Gasteiger partial charge in [0, 0.05) is 26.6 Å². The second kappa shape index (κ2) is 5.45. The largest absolute Gasteiger partial charge is 0.383 e. The topological polar surface area (TPSA) is 70.4 Å². The Morgan fingerprint density at radius 1 is 1.47 bits per heavy atom. The van der Waals surface area contributed by atoms with Crippen LogP contribution >= 0.6 is 0 Å². The Kier molecular flexibility index (Phi) is 4.51. The smallest absolute Gasteiger partial charge is 0.217 e. The molecule has 86 valence electrons. The molecule has 0 unspecified atom stereocenters. The van der Waals surface area contributed by atoms with Gasteiger partial charge in [0.25, 0.3) is 0 Å². The van der Waals surface area contributed by atoms with Crippen LogP contribution in [0.5, 0.6) is 0 Å². The Morgan fingerprint density at radius 3 is 2.60 bits per heavy atom. The summed E-state index contributed by atoms with van der Waals surface area (Å²) in [6.07, 6.45) is 1.73. The highest BCUT2D eigenvalue weighted by molar-refractivity contribution is 7.90. The van der Waals surface area contributed by atoms with Crippen LogP contribution in [0.4, 0.5) is 0 Å². The van der Waals surface area contributed by atoms with Crippen molar-refractivity contribution >= 4 is 10.0 Å². The fourth-order valence-electron chi connectivity index (χ4n) is 1.31. The highest BCUT2D eigenvalue weighted by Crippen LogP contribution is 2.30. The van der Waals surface area contributed by atoms with Gasteiger partial charge in [-0.05, 0) is 12.8 Å². The lowest BCUT2D eigenvalue weighted by molar-refractivity contribution is 0.179. The number of methoxy groups -OCH3 is 1. The quantitative estimate of drug-likeness (QED) is 0.634. The molecule has 0 aliphatic heterocycles. The van der Waals surface area contributed by atoms with E-state index < -0.39 is 10.0 Å². The number of hydrogen-bond donors (Lipinski definition) is 0. The monoisotopic (exact) mass is 232 g/mol. The molecular weight excluding hydrogens is 216 g/mol. The van der Waals surface area contributed by atoms with Gasteiger partial charge in [-0.1, -0.05) is 0 Å². The summed E-state index contributed by atoms with van der Waals surface area (Å²) >= 11 is 0. The molecule has 1 saturated carbocycles. The summed E-state index contributed by atoms with van der Waals surface area (Å²) in [5.41, 5.74) is 0. The Labute approximate surface area is 90.7 Å². The normalized spacial score (nSPS) is 16.6. The first-order chi connectivity index (χ1) is 7.12. The van der Waals surface area contributed by atoms with Crippen LogP contribution in [0.2, 0.25) is 0 Å². The van der Waals surface area contributed by atoms with E-state index in [4.69, 9.17) is 10.00 Å². The van der Waals surface area contributed by atoms with Crippen LogP contribution in [0.1, 0.15) is 19.3 Å². The third-order valence-corrected chi connectivity index (χ3v) is 4.72. The second-order valence-electron chi connectivity index (χ2n) is 3.54. The highest BCUT2D eigenvalue weighted by Gasteiger charge is 2.39. The first-order valence-electron chi connectivity index (χ1n) is 4.97. The van der Waals surface area contributed by atoms with Gasteiger partial charge in [0.15, 0.2) is 0 Å². The van der Waals surface area contributed by atoms with Crippen LogP contribution in [0.3, 0.4) is 0 Å². The Morgan fingerprint density at radius 2 is 2.13 bits per heavy atom. The van der Waals surface area contributed by atoms with Crippen molar-refractivity contribution < 1.29 is 13.2 Å². The standard InChI is InChI=1S/C9H16N2O3S/c1-14-8-7-11(6-2-5-10)15(12,13)9-3-4-9/h9H,2-4,6-8H2,1H3. The molecule has 0 heterocycles. The number of nitrogens with zero attached hydrogens (tertiary/aromatic N) is 2. The van der Waals surface area contributed by atoms with Gasteiger partial charge in [0.2, 0.25) is 10.0 Å². The summed E-state index contributed by atoms with van der Waals surface area (Å²) in [5.74, 6) is 0. The minimum Gasteiger partial charge on any atom is -0.383 e. The lowest BCUT2D eigenvalue weighted by Gasteiger charge is -2.20. The second-order valence-corrected chi connectivity index (χ2v) is 5.76. The fraction of sp³-hybridized carbons (Fsp3) is 0.889. The van der Waals surface area contributed by atoms with E-state index in [0.29, 0.717) is 13.2 Å². The van der Waals surface area contributed by atoms with E-state index >= 15 is 0 Å². The average Bonchev–Trinajstić information content (AvgIpc) is 3.01. The maximum atomic E-state index is 11.9. The van der Waals surface area contributed by atoms with E-state index in [-0.39, 0.29) is 18.2 Å². The number of ether oxygens (including phenoxy) is 1. The van der Waals surface area contributed by atoms with E-state index in [1.165, 1.54) is 11.4 Å². The predicted molar refractivity (Wildman–Crippen MR) is 55.6 cm³/mol. The Balaban J connectivity index is 2.58. The average molecular weight is 232 g/mol. The zero-order valence-corrected chi connectivity index (χ0v) is 9.66. The molecule has 0 N–H and O–H groups in total. The molecule has 0 aromatic rings. The van der Waals surface area contributed by atoms with Gasteiger partial charge >= 0.3 is 0 Å². The van der Waals surface area contributed by atoms with E-state index in [2.05, 4.69) is 0 Å². The van der Waals surface area contributed by atoms with Crippen molar-refractivity contribution in [1.82, 2.24) is 4.31 Å². The molecule has 1 aliphatic rings. The van der Waals surface area contributed by atoms with Crippen molar-refractivity contribution in [3.05, 3.63) is 0 Å². The molecule has 1 aliphatic carbocycles. The van der Waals surface area contributed by atoms with Gasteiger partial charge in [-0.2, -0.15) is 9.57 Å². The van der Waals surface area contributed by atoms with E-state index in [9.17, 15) is 8.42 Å². The summed E-state index contributed by atoms with van der Waals surface area (Å²) < 4.78 is 30.0. The minimum atomic E-state index is -3.17. The van der Waals surface area contributed by atoms with Crippen LogP contribution < -0.4 is 0 Å². The third-order valence-electron chi connectivity index (χ3n) is 2.32. The third kappa shape index (κ3) is 3.45. The molecular formula is C9H16N2O3S. The SMILES string of the molecule is COCCN(CCC#N)S(=O)(=O)C1CC1. The highest BCUT2D eigenvalue weighted by atomic mass is 32.2. The van der Waals surface area contributed by atoms with Gasteiger partial charge < -0.3 is 4.74 Å². The predicted octanol–water partition coefficient (Wildman–Crippen LogP) is 0.341. The van der Waals surface area contributed by atoms with Gasteiger partial charge in [-0.3, -0.25) is 0 Å². The summed E-state index contributed by atoms with van der Waals surface area (Å²) in [6.45, 7) is 0.993. The lowest BCUT2D eigenvalue weighted by Crippen LogP contribution is -2.37. The lowest BCUT2D eigenvalue weighted by atomic mass is 10.4. The van der Waals surface area contributed by atoms with Gasteiger partial charge in [0.1, 0.15) is 0 Å². The Hall–Kier alpha value is -0.640. The first-order valence-corrected chi connectivity index (χ1v) is 6.48. The number of sulfonamides is 1. The molecule has 0 radical (unpaired) electrons. The van der Waals surface area contributed by atoms with Crippen molar-refractivity contribution in [2.45, 2.75) is 24.5 Å². The molecule has 0 amide bonds. The summed E-state index contributed by atoms with van der Waals surface area (Å²) in [7, 11) is -1.64. The van der Waals surface area contributed by atoms with E-state index in [0.717, 1.165) is 12.8 Å². The molecule has 0 aromatic carbocycles. The number of rotatable bonds is 7. The van der Waals surface area contributed by atoms with Crippen LogP contribution in [-0.4, -0.2) is 44.8 Å². The maximum absolute atomic E-state index is 11.9. The van der Waals surface area contributed by atoms with Gasteiger partial charge in [-0.25, -0.2) is 8.42 Å². The van der Waals surface area contributed by atoms with E-state index in [1.807, 2.05) is 6.07 Å². The number of nitriles is 1. The molecule has 1 rings (SSSR count). The van der Waals surface area contributed by atoms with Crippen molar-refractivity contribution in [3.8, 4) is 6.07 Å². The van der Waals surface area contributed by atoms with Crippen LogP contribution in [0.15, 0.2) is 0 Å². The minimum absolute atomic E-state index is 0.215. The molecule has 15 heavy (non-hydrogen) atoms. The summed E-state index contributed by atoms with van der Waals surface area (Å²) in [6, 6.07) is 1.96. The molecule has 6 heteroatoms. The van der Waals surface area contributed by atoms with Crippen LogP contribution in [0, 0.1) is 11.3 Å². The van der Waals surface area contributed by atoms with Crippen molar-refractivity contribution in [2.75, 3.05) is 26.8 Å². The first kappa shape index (κ1) is 12.4. The molecule has 0 spiro atoms. The van der Waals surface area contributed by atoms with Crippen molar-refractivity contribution in [2.24, 2.45) is 0 Å². The molecule has 0 saturated heterocycles. The van der Waals surface area contributed by atoms with Crippen molar-refractivity contribution in [1.29, 1.82) is 5.26 Å². The zero-order valence-electron chi connectivity index (χ0n) is 8.85. The molecule has 0 aromatic heterocycles. The molecule has 0 atom stereocenters. The van der Waals surface area contributed by atoms with Crippen LogP contribution in [-0.2, 0) is 14.8 Å². The van der Waals surface area contributed by atoms with Crippen molar-refractivity contribution in [3.63, 3.8) is 0 Å². The van der Waals surface area contributed by atoms with Crippen LogP contribution in [0.25, 0.3) is 0 Å². The van der Waals surface area contributed by atoms with Gasteiger partial charge in [0.05, 0.1) is 17.9 Å². The summed E-state index contributed by atoms with van der Waals surface area (Å²) in [5, 5.41) is 8.24. The zero-order chi connectivity index (χ0) is 11.3. The maximum Gasteiger partial charge on any atom is 0.217 e. The van der Waals surface area contributed by atoms with E-state index in [1.54, 1.807) is 0 Å². The van der Waals surface area contributed by atoms with Gasteiger partial charge in [-0.15, -0.1) is 0 Å². The molecule has 0 bridgehead atoms. The number of hydrogen-bond acceptors (Lipinski definition) is 4. The molecule has 5 nitrogen and oxygen atoms in total. The fourth-order valence-corrected chi connectivity index (χ4v) is 3.14. The Bertz CT molecular complexity index is 330.